The van der Waals surface area contributed by atoms with Gasteiger partial charge >= 0.3 is 0 Å². The maximum absolute atomic E-state index is 12.7. The molecule has 1 aliphatic rings. The van der Waals surface area contributed by atoms with E-state index in [1.807, 2.05) is 53.9 Å². The predicted octanol–water partition coefficient (Wildman–Crippen LogP) is 3.63. The number of amides is 1. The first-order valence-corrected chi connectivity index (χ1v) is 9.45. The summed E-state index contributed by atoms with van der Waals surface area (Å²) in [6, 6.07) is 13.6. The number of benzene rings is 1. The normalized spacial score (nSPS) is 16.8. The summed E-state index contributed by atoms with van der Waals surface area (Å²) in [5, 5.41) is 0. The molecule has 0 spiro atoms. The summed E-state index contributed by atoms with van der Waals surface area (Å²) >= 11 is 1.90. The van der Waals surface area contributed by atoms with E-state index in [1.54, 1.807) is 18.3 Å². The average Bonchev–Trinajstić information content (AvgIpc) is 3.14. The summed E-state index contributed by atoms with van der Waals surface area (Å²) in [7, 11) is 0. The third kappa shape index (κ3) is 4.29. The lowest BCUT2D eigenvalue weighted by Gasteiger charge is -2.21. The molecular formula is C19H22N2O2S. The van der Waals surface area contributed by atoms with Gasteiger partial charge < -0.3 is 9.64 Å². The van der Waals surface area contributed by atoms with Crippen molar-refractivity contribution < 1.29 is 9.53 Å². The van der Waals surface area contributed by atoms with E-state index < -0.39 is 0 Å². The van der Waals surface area contributed by atoms with Crippen LogP contribution < -0.4 is 4.74 Å². The number of thioether (sulfide) groups is 1. The van der Waals surface area contributed by atoms with Crippen LogP contribution in [0.5, 0.6) is 5.88 Å². The van der Waals surface area contributed by atoms with Crippen molar-refractivity contribution in [2.45, 2.75) is 26.0 Å². The molecule has 0 saturated carbocycles. The molecule has 126 valence electrons. The lowest BCUT2D eigenvalue weighted by Crippen LogP contribution is -2.30. The molecule has 1 amide bonds. The molecule has 1 aromatic heterocycles. The number of nitrogens with zero attached hydrogens (tertiary/aromatic N) is 2. The van der Waals surface area contributed by atoms with Crippen LogP contribution in [0.4, 0.5) is 0 Å². The molecule has 2 aromatic rings. The summed E-state index contributed by atoms with van der Waals surface area (Å²) in [6.07, 6.45) is 2.93. The van der Waals surface area contributed by atoms with E-state index in [1.165, 1.54) is 0 Å². The van der Waals surface area contributed by atoms with Gasteiger partial charge in [-0.1, -0.05) is 30.3 Å². The molecule has 0 N–H and O–H groups in total. The fourth-order valence-electron chi connectivity index (χ4n) is 2.67. The molecule has 1 saturated heterocycles. The molecule has 0 aliphatic carbocycles. The van der Waals surface area contributed by atoms with Gasteiger partial charge in [-0.25, -0.2) is 4.98 Å². The fourth-order valence-corrected chi connectivity index (χ4v) is 3.76. The summed E-state index contributed by atoms with van der Waals surface area (Å²) < 4.78 is 5.84. The highest BCUT2D eigenvalue weighted by Gasteiger charge is 2.19. The topological polar surface area (TPSA) is 42.4 Å². The van der Waals surface area contributed by atoms with Crippen LogP contribution in [-0.2, 0) is 6.54 Å². The minimum atomic E-state index is -0.00294. The van der Waals surface area contributed by atoms with Gasteiger partial charge in [0.2, 0.25) is 5.88 Å². The van der Waals surface area contributed by atoms with E-state index in [0.717, 1.165) is 23.5 Å². The van der Waals surface area contributed by atoms with E-state index in [0.29, 0.717) is 24.5 Å². The highest BCUT2D eigenvalue weighted by atomic mass is 32.2. The maximum atomic E-state index is 12.7. The zero-order chi connectivity index (χ0) is 16.8. The van der Waals surface area contributed by atoms with Gasteiger partial charge in [0, 0.05) is 31.1 Å². The van der Waals surface area contributed by atoms with Crippen LogP contribution in [0, 0.1) is 0 Å². The highest BCUT2D eigenvalue weighted by molar-refractivity contribution is 7.99. The third-order valence-electron chi connectivity index (χ3n) is 4.04. The minimum Gasteiger partial charge on any atom is -0.473 e. The molecule has 1 aliphatic heterocycles. The Morgan fingerprint density at radius 1 is 1.29 bits per heavy atom. The van der Waals surface area contributed by atoms with Crippen molar-refractivity contribution >= 4 is 17.7 Å². The van der Waals surface area contributed by atoms with Crippen molar-refractivity contribution in [3.05, 3.63) is 59.8 Å². The molecule has 5 heteroatoms. The molecule has 24 heavy (non-hydrogen) atoms. The largest absolute Gasteiger partial charge is 0.473 e. The Labute approximate surface area is 147 Å². The van der Waals surface area contributed by atoms with Gasteiger partial charge in [-0.3, -0.25) is 4.79 Å². The number of aromatic nitrogens is 1. The Bertz CT molecular complexity index is 655. The van der Waals surface area contributed by atoms with E-state index in [-0.39, 0.29) is 12.0 Å². The molecular weight excluding hydrogens is 320 g/mol. The average molecular weight is 342 g/mol. The van der Waals surface area contributed by atoms with Crippen LogP contribution in [0.15, 0.2) is 48.7 Å². The van der Waals surface area contributed by atoms with E-state index in [4.69, 9.17) is 4.74 Å². The highest BCUT2D eigenvalue weighted by Crippen LogP contribution is 2.22. The molecule has 1 fully saturated rings. The molecule has 4 nitrogen and oxygen atoms in total. The molecule has 2 heterocycles. The number of hydrogen-bond donors (Lipinski definition) is 0. The van der Waals surface area contributed by atoms with Gasteiger partial charge in [0.25, 0.3) is 5.91 Å². The number of hydrogen-bond acceptors (Lipinski definition) is 4. The molecule has 1 atom stereocenters. The Morgan fingerprint density at radius 2 is 2.12 bits per heavy atom. The third-order valence-corrected chi connectivity index (χ3v) is 5.18. The smallest absolute Gasteiger partial charge is 0.255 e. The Morgan fingerprint density at radius 3 is 2.75 bits per heavy atom. The number of ether oxygens (including phenoxy) is 1. The summed E-state index contributed by atoms with van der Waals surface area (Å²) in [5.41, 5.74) is 1.72. The number of rotatable bonds is 6. The van der Waals surface area contributed by atoms with E-state index in [9.17, 15) is 4.79 Å². The number of pyridine rings is 1. The van der Waals surface area contributed by atoms with Crippen molar-refractivity contribution in [3.63, 3.8) is 0 Å². The second kappa shape index (κ2) is 8.20. The van der Waals surface area contributed by atoms with Gasteiger partial charge in [0.15, 0.2) is 0 Å². The van der Waals surface area contributed by atoms with Crippen LogP contribution >= 0.6 is 11.8 Å². The van der Waals surface area contributed by atoms with Crippen LogP contribution in [0.2, 0.25) is 0 Å². The van der Waals surface area contributed by atoms with Crippen molar-refractivity contribution in [1.29, 1.82) is 0 Å². The van der Waals surface area contributed by atoms with E-state index in [2.05, 4.69) is 4.98 Å². The summed E-state index contributed by atoms with van der Waals surface area (Å²) in [5.74, 6) is 2.76. The van der Waals surface area contributed by atoms with E-state index >= 15 is 0 Å². The minimum absolute atomic E-state index is 0.00294. The van der Waals surface area contributed by atoms with Gasteiger partial charge in [-0.2, -0.15) is 11.8 Å². The molecule has 3 rings (SSSR count). The Hall–Kier alpha value is -2.01. The Balaban J connectivity index is 1.64. The molecule has 1 aromatic carbocycles. The molecule has 0 radical (unpaired) electrons. The second-order valence-electron chi connectivity index (χ2n) is 5.79. The lowest BCUT2D eigenvalue weighted by molar-refractivity contribution is 0.0752. The summed E-state index contributed by atoms with van der Waals surface area (Å²) in [6.45, 7) is 3.25. The van der Waals surface area contributed by atoms with Crippen molar-refractivity contribution in [3.8, 4) is 5.88 Å². The van der Waals surface area contributed by atoms with Crippen LogP contribution in [-0.4, -0.2) is 39.9 Å². The van der Waals surface area contributed by atoms with Gasteiger partial charge in [0.1, 0.15) is 6.10 Å². The zero-order valence-electron chi connectivity index (χ0n) is 13.9. The van der Waals surface area contributed by atoms with Gasteiger partial charge in [0.05, 0.1) is 5.56 Å². The van der Waals surface area contributed by atoms with Crippen LogP contribution in [0.1, 0.15) is 29.3 Å². The monoisotopic (exact) mass is 342 g/mol. The first-order chi connectivity index (χ1) is 11.8. The van der Waals surface area contributed by atoms with Gasteiger partial charge in [-0.05, 0) is 30.7 Å². The molecule has 1 unspecified atom stereocenters. The van der Waals surface area contributed by atoms with Gasteiger partial charge in [-0.15, -0.1) is 0 Å². The van der Waals surface area contributed by atoms with Crippen molar-refractivity contribution in [2.24, 2.45) is 0 Å². The number of carbonyl (C=O) groups is 1. The molecule has 0 bridgehead atoms. The van der Waals surface area contributed by atoms with Crippen molar-refractivity contribution in [2.75, 3.05) is 18.1 Å². The Kier molecular flexibility index (Phi) is 5.75. The summed E-state index contributed by atoms with van der Waals surface area (Å²) in [4.78, 5) is 18.8. The maximum Gasteiger partial charge on any atom is 0.255 e. The van der Waals surface area contributed by atoms with Crippen molar-refractivity contribution in [1.82, 2.24) is 9.88 Å². The fraction of sp³-hybridized carbons (Fsp3) is 0.368. The second-order valence-corrected chi connectivity index (χ2v) is 6.94. The SMILES string of the molecule is CCN(Cc1ccccc1)C(=O)c1ccc(OC2CCSC2)nc1. The zero-order valence-corrected chi connectivity index (χ0v) is 14.7. The predicted molar refractivity (Wildman–Crippen MR) is 97.5 cm³/mol. The van der Waals surface area contributed by atoms with Crippen LogP contribution in [0.25, 0.3) is 0 Å². The quantitative estimate of drug-likeness (QED) is 0.804. The lowest BCUT2D eigenvalue weighted by atomic mass is 10.2. The first kappa shape index (κ1) is 16.8. The van der Waals surface area contributed by atoms with Crippen LogP contribution in [0.3, 0.4) is 0 Å². The first-order valence-electron chi connectivity index (χ1n) is 8.30. The standard InChI is InChI=1S/C19H22N2O2S/c1-2-21(13-15-6-4-3-5-7-15)19(22)16-8-9-18(20-12-16)23-17-10-11-24-14-17/h3-9,12,17H,2,10-11,13-14H2,1H3. The number of carbonyl (C=O) groups excluding carboxylic acids is 1.